The van der Waals surface area contributed by atoms with E-state index in [-0.39, 0.29) is 0 Å². The van der Waals surface area contributed by atoms with Crippen LogP contribution in [0.25, 0.3) is 0 Å². The van der Waals surface area contributed by atoms with E-state index >= 15 is 0 Å². The summed E-state index contributed by atoms with van der Waals surface area (Å²) in [5, 5.41) is 0. The third-order valence-electron chi connectivity index (χ3n) is 3.69. The van der Waals surface area contributed by atoms with Crippen molar-refractivity contribution >= 4 is 6.71 Å². The Kier molecular flexibility index (Phi) is 2.97. The van der Waals surface area contributed by atoms with Crippen LogP contribution in [0.2, 0.25) is 20.0 Å². The highest BCUT2D eigenvalue weighted by molar-refractivity contribution is 6.56. The Morgan fingerprint density at radius 3 is 2.25 bits per heavy atom. The first-order valence-electron chi connectivity index (χ1n) is 6.30. The average Bonchev–Trinajstić information content (AvgIpc) is 2.98. The van der Waals surface area contributed by atoms with Gasteiger partial charge in [-0.3, -0.25) is 0 Å². The topological polar surface area (TPSA) is 0 Å². The molecule has 0 heterocycles. The number of benzene rings is 1. The highest BCUT2D eigenvalue weighted by atomic mass is 14.5. The molecular weight excluding hydrogens is 191 g/mol. The molecule has 1 saturated carbocycles. The van der Waals surface area contributed by atoms with Gasteiger partial charge in [-0.2, -0.15) is 0 Å². The van der Waals surface area contributed by atoms with Crippen LogP contribution >= 0.6 is 0 Å². The first kappa shape index (κ1) is 11.5. The molecule has 0 nitrogen and oxygen atoms in total. The van der Waals surface area contributed by atoms with Crippen LogP contribution in [0, 0.1) is 6.92 Å². The zero-order valence-electron chi connectivity index (χ0n) is 10.7. The van der Waals surface area contributed by atoms with Gasteiger partial charge in [0, 0.05) is 5.41 Å². The summed E-state index contributed by atoms with van der Waals surface area (Å²) in [7, 11) is 0. The molecule has 1 aliphatic carbocycles. The van der Waals surface area contributed by atoms with Crippen molar-refractivity contribution in [3.63, 3.8) is 0 Å². The van der Waals surface area contributed by atoms with Gasteiger partial charge < -0.3 is 0 Å². The maximum absolute atomic E-state index is 4.33. The molecule has 0 spiro atoms. The predicted molar refractivity (Wildman–Crippen MR) is 73.5 cm³/mol. The van der Waals surface area contributed by atoms with E-state index in [9.17, 15) is 0 Å². The minimum absolute atomic E-state index is 0.331. The third kappa shape index (κ3) is 2.09. The summed E-state index contributed by atoms with van der Waals surface area (Å²) >= 11 is 0. The second kappa shape index (κ2) is 4.12. The maximum atomic E-state index is 4.33. The summed E-state index contributed by atoms with van der Waals surface area (Å²) in [6.45, 7) is 11.7. The van der Waals surface area contributed by atoms with E-state index in [4.69, 9.17) is 0 Å². The van der Waals surface area contributed by atoms with Gasteiger partial charge in [-0.1, -0.05) is 61.9 Å². The summed E-state index contributed by atoms with van der Waals surface area (Å²) in [5.41, 5.74) is 4.59. The van der Waals surface area contributed by atoms with Crippen LogP contribution in [0.3, 0.4) is 0 Å². The van der Waals surface area contributed by atoms with E-state index in [1.54, 1.807) is 0 Å². The molecule has 0 unspecified atom stereocenters. The van der Waals surface area contributed by atoms with E-state index < -0.39 is 0 Å². The Bertz CT molecular complexity index is 382. The van der Waals surface area contributed by atoms with Gasteiger partial charge in [-0.15, -0.1) is 0 Å². The summed E-state index contributed by atoms with van der Waals surface area (Å²) in [5.74, 6) is 0. The van der Waals surface area contributed by atoms with Crippen molar-refractivity contribution in [1.82, 2.24) is 0 Å². The van der Waals surface area contributed by atoms with Crippen LogP contribution in [0.5, 0.6) is 0 Å². The third-order valence-corrected chi connectivity index (χ3v) is 3.69. The largest absolute Gasteiger partial charge is 0.137 e. The van der Waals surface area contributed by atoms with E-state index in [2.05, 4.69) is 51.4 Å². The average molecular weight is 212 g/mol. The molecule has 16 heavy (non-hydrogen) atoms. The summed E-state index contributed by atoms with van der Waals surface area (Å²) < 4.78 is 0. The number of hydrogen-bond donors (Lipinski definition) is 0. The fraction of sp³-hybridized carbons (Fsp3) is 0.467. The molecular formula is C15H21B. The van der Waals surface area contributed by atoms with Crippen LogP contribution in [-0.2, 0) is 5.41 Å². The highest BCUT2D eigenvalue weighted by Crippen LogP contribution is 2.54. The van der Waals surface area contributed by atoms with E-state index in [1.165, 1.54) is 29.5 Å². The van der Waals surface area contributed by atoms with Crippen molar-refractivity contribution in [3.05, 3.63) is 47.5 Å². The second-order valence-corrected chi connectivity index (χ2v) is 5.65. The lowest BCUT2D eigenvalue weighted by atomic mass is 9.49. The van der Waals surface area contributed by atoms with E-state index in [1.807, 2.05) is 0 Å². The Labute approximate surface area is 99.8 Å². The van der Waals surface area contributed by atoms with Crippen LogP contribution in [0.1, 0.15) is 24.0 Å². The number of rotatable bonds is 4. The number of allylic oxidation sites excluding steroid dienone is 1. The molecule has 1 aromatic rings. The Balaban J connectivity index is 2.19. The molecule has 0 atom stereocenters. The molecule has 1 heteroatoms. The molecule has 0 aromatic heterocycles. The minimum Gasteiger partial charge on any atom is -0.0997 e. The van der Waals surface area contributed by atoms with Crippen LogP contribution in [0.15, 0.2) is 36.4 Å². The zero-order valence-corrected chi connectivity index (χ0v) is 10.7. The normalized spacial score (nSPS) is 16.9. The molecule has 0 amide bonds. The lowest BCUT2D eigenvalue weighted by Gasteiger charge is -2.20. The highest BCUT2D eigenvalue weighted by Gasteiger charge is 2.46. The van der Waals surface area contributed by atoms with Gasteiger partial charge in [0.15, 0.2) is 0 Å². The van der Waals surface area contributed by atoms with Crippen LogP contribution < -0.4 is 0 Å². The fourth-order valence-corrected chi connectivity index (χ4v) is 2.53. The molecule has 1 aromatic carbocycles. The van der Waals surface area contributed by atoms with Crippen molar-refractivity contribution < 1.29 is 0 Å². The van der Waals surface area contributed by atoms with Crippen molar-refractivity contribution in [2.75, 3.05) is 0 Å². The van der Waals surface area contributed by atoms with Gasteiger partial charge >= 0.3 is 0 Å². The first-order chi connectivity index (χ1) is 7.54. The lowest BCUT2D eigenvalue weighted by molar-refractivity contribution is 0.821. The van der Waals surface area contributed by atoms with Crippen molar-refractivity contribution in [3.8, 4) is 0 Å². The van der Waals surface area contributed by atoms with Gasteiger partial charge in [0.2, 0.25) is 0 Å². The minimum atomic E-state index is 0.331. The molecule has 0 bridgehead atoms. The van der Waals surface area contributed by atoms with Crippen molar-refractivity contribution in [2.45, 2.75) is 45.1 Å². The summed E-state index contributed by atoms with van der Waals surface area (Å²) in [6.07, 6.45) is 3.75. The number of aryl methyl sites for hydroxylation is 1. The Morgan fingerprint density at radius 2 is 1.81 bits per heavy atom. The quantitative estimate of drug-likeness (QED) is 0.514. The van der Waals surface area contributed by atoms with Crippen molar-refractivity contribution in [1.29, 1.82) is 0 Å². The van der Waals surface area contributed by atoms with Gasteiger partial charge in [0.25, 0.3) is 0 Å². The van der Waals surface area contributed by atoms with Crippen molar-refractivity contribution in [2.24, 2.45) is 0 Å². The maximum Gasteiger partial charge on any atom is 0.137 e. The monoisotopic (exact) mass is 212 g/mol. The van der Waals surface area contributed by atoms with Gasteiger partial charge in [0.05, 0.1) is 0 Å². The number of hydrogen-bond acceptors (Lipinski definition) is 0. The molecule has 0 aliphatic heterocycles. The standard InChI is InChI=1S/C15H21B/c1-12-5-7-14(8-6-12)15(9-10-15)13(2)11-16(3)4/h5-8H,2,9-11H2,1,3-4H3. The summed E-state index contributed by atoms with van der Waals surface area (Å²) in [4.78, 5) is 0. The second-order valence-electron chi connectivity index (χ2n) is 5.65. The SMILES string of the molecule is C=C(CB(C)C)C1(c2ccc(C)cc2)CC1. The Hall–Kier alpha value is -0.975. The molecule has 0 radical (unpaired) electrons. The van der Waals surface area contributed by atoms with Crippen LogP contribution in [-0.4, -0.2) is 6.71 Å². The predicted octanol–water partition coefficient (Wildman–Crippen LogP) is 4.34. The zero-order chi connectivity index (χ0) is 11.8. The van der Waals surface area contributed by atoms with E-state index in [0.717, 1.165) is 13.0 Å². The van der Waals surface area contributed by atoms with E-state index in [0.29, 0.717) is 5.41 Å². The first-order valence-corrected chi connectivity index (χ1v) is 6.30. The molecule has 2 rings (SSSR count). The molecule has 0 saturated heterocycles. The molecule has 1 aliphatic rings. The Morgan fingerprint density at radius 1 is 1.25 bits per heavy atom. The fourth-order valence-electron chi connectivity index (χ4n) is 2.53. The molecule has 1 fully saturated rings. The smallest absolute Gasteiger partial charge is 0.0997 e. The molecule has 84 valence electrons. The van der Waals surface area contributed by atoms with Crippen LogP contribution in [0.4, 0.5) is 0 Å². The summed E-state index contributed by atoms with van der Waals surface area (Å²) in [6, 6.07) is 9.01. The van der Waals surface area contributed by atoms with Gasteiger partial charge in [-0.05, 0) is 25.3 Å². The lowest BCUT2D eigenvalue weighted by Crippen LogP contribution is -2.13. The van der Waals surface area contributed by atoms with Gasteiger partial charge in [-0.25, -0.2) is 0 Å². The van der Waals surface area contributed by atoms with Gasteiger partial charge in [0.1, 0.15) is 6.71 Å². The molecule has 0 N–H and O–H groups in total.